The highest BCUT2D eigenvalue weighted by atomic mass is 32.2. The number of aliphatic hydroxyl groups is 1. The molecule has 1 aliphatic rings. The van der Waals surface area contributed by atoms with Gasteiger partial charge in [0.15, 0.2) is 0 Å². The highest BCUT2D eigenvalue weighted by molar-refractivity contribution is 7.99. The van der Waals surface area contributed by atoms with Crippen LogP contribution in [0.4, 0.5) is 4.39 Å². The molecule has 2 aromatic rings. The first-order valence-electron chi connectivity index (χ1n) is 7.04. The Morgan fingerprint density at radius 3 is 2.76 bits per heavy atom. The second kappa shape index (κ2) is 6.50. The number of thioether (sulfide) groups is 1. The van der Waals surface area contributed by atoms with Crippen molar-refractivity contribution >= 4 is 11.8 Å². The fourth-order valence-corrected chi connectivity index (χ4v) is 2.92. The van der Waals surface area contributed by atoms with E-state index in [2.05, 4.69) is 0 Å². The largest absolute Gasteiger partial charge is 0.490 e. The van der Waals surface area contributed by atoms with Crippen molar-refractivity contribution in [2.75, 3.05) is 5.75 Å². The van der Waals surface area contributed by atoms with Crippen molar-refractivity contribution in [3.8, 4) is 5.75 Å². The number of benzene rings is 2. The normalized spacial score (nSPS) is 15.7. The van der Waals surface area contributed by atoms with E-state index in [0.29, 0.717) is 11.9 Å². The highest BCUT2D eigenvalue weighted by Crippen LogP contribution is 2.30. The van der Waals surface area contributed by atoms with Gasteiger partial charge in [-0.3, -0.25) is 0 Å². The Morgan fingerprint density at radius 2 is 2.00 bits per heavy atom. The molecule has 1 fully saturated rings. The van der Waals surface area contributed by atoms with Gasteiger partial charge in [-0.1, -0.05) is 18.2 Å². The summed E-state index contributed by atoms with van der Waals surface area (Å²) in [4.78, 5) is 0.819. The Hall–Kier alpha value is -1.52. The van der Waals surface area contributed by atoms with Gasteiger partial charge in [0.05, 0.1) is 12.2 Å². The maximum Gasteiger partial charge on any atom is 0.124 e. The zero-order valence-corrected chi connectivity index (χ0v) is 12.4. The molecule has 0 radical (unpaired) electrons. The van der Waals surface area contributed by atoms with Crippen molar-refractivity contribution < 1.29 is 14.2 Å². The quantitative estimate of drug-likeness (QED) is 0.811. The second-order valence-electron chi connectivity index (χ2n) is 5.17. The van der Waals surface area contributed by atoms with Gasteiger partial charge >= 0.3 is 0 Å². The molecule has 0 saturated heterocycles. The van der Waals surface area contributed by atoms with Crippen LogP contribution in [0.5, 0.6) is 5.75 Å². The van der Waals surface area contributed by atoms with Crippen LogP contribution in [0.1, 0.15) is 24.5 Å². The third-order valence-corrected chi connectivity index (χ3v) is 4.34. The topological polar surface area (TPSA) is 29.5 Å². The number of aliphatic hydroxyl groups excluding tert-OH is 1. The molecule has 1 saturated carbocycles. The van der Waals surface area contributed by atoms with Crippen molar-refractivity contribution in [1.82, 2.24) is 0 Å². The zero-order valence-electron chi connectivity index (χ0n) is 11.5. The van der Waals surface area contributed by atoms with Crippen LogP contribution < -0.4 is 4.74 Å². The summed E-state index contributed by atoms with van der Waals surface area (Å²) in [6.45, 7) is 0. The fourth-order valence-electron chi connectivity index (χ4n) is 2.00. The summed E-state index contributed by atoms with van der Waals surface area (Å²) < 4.78 is 18.8. The van der Waals surface area contributed by atoms with Crippen LogP contribution in [0.15, 0.2) is 53.4 Å². The molecule has 21 heavy (non-hydrogen) atoms. The van der Waals surface area contributed by atoms with Crippen molar-refractivity contribution in [2.45, 2.75) is 29.9 Å². The summed E-state index contributed by atoms with van der Waals surface area (Å²) in [5.74, 6) is 1.04. The number of hydrogen-bond acceptors (Lipinski definition) is 3. The number of halogens is 1. The summed E-state index contributed by atoms with van der Waals surface area (Å²) in [5.41, 5.74) is 0.831. The molecule has 1 N–H and O–H groups in total. The lowest BCUT2D eigenvalue weighted by Crippen LogP contribution is -2.02. The van der Waals surface area contributed by atoms with Crippen molar-refractivity contribution in [1.29, 1.82) is 0 Å². The Labute approximate surface area is 128 Å². The van der Waals surface area contributed by atoms with Gasteiger partial charge in [-0.2, -0.15) is 0 Å². The summed E-state index contributed by atoms with van der Waals surface area (Å²) >= 11 is 1.44. The van der Waals surface area contributed by atoms with Gasteiger partial charge in [0.2, 0.25) is 0 Å². The molecule has 4 heteroatoms. The first kappa shape index (κ1) is 14.4. The predicted octanol–water partition coefficient (Wildman–Crippen LogP) is 4.19. The molecule has 2 aromatic carbocycles. The van der Waals surface area contributed by atoms with Gasteiger partial charge in [0.25, 0.3) is 0 Å². The summed E-state index contributed by atoms with van der Waals surface area (Å²) in [6.07, 6.45) is 1.98. The van der Waals surface area contributed by atoms with Crippen LogP contribution in [0.25, 0.3) is 0 Å². The van der Waals surface area contributed by atoms with Gasteiger partial charge in [0.1, 0.15) is 11.6 Å². The van der Waals surface area contributed by atoms with Crippen LogP contribution in [-0.4, -0.2) is 17.0 Å². The van der Waals surface area contributed by atoms with Gasteiger partial charge in [-0.25, -0.2) is 4.39 Å². The predicted molar refractivity (Wildman–Crippen MR) is 82.2 cm³/mol. The van der Waals surface area contributed by atoms with Crippen molar-refractivity contribution in [2.24, 2.45) is 0 Å². The van der Waals surface area contributed by atoms with Gasteiger partial charge < -0.3 is 9.84 Å². The number of hydrogen-bond donors (Lipinski definition) is 1. The average Bonchev–Trinajstić information content (AvgIpc) is 3.29. The summed E-state index contributed by atoms with van der Waals surface area (Å²) in [5, 5.41) is 10.3. The minimum absolute atomic E-state index is 0.255. The molecule has 0 aromatic heterocycles. The van der Waals surface area contributed by atoms with E-state index in [1.165, 1.54) is 23.9 Å². The first-order valence-corrected chi connectivity index (χ1v) is 8.02. The van der Waals surface area contributed by atoms with Crippen LogP contribution in [0, 0.1) is 5.82 Å². The smallest absolute Gasteiger partial charge is 0.124 e. The molecular formula is C17H17FO2S. The standard InChI is InChI=1S/C17H17FO2S/c18-13-4-2-6-16(10-13)21-11-17(19)12-3-1-5-15(9-12)20-14-7-8-14/h1-6,9-10,14,17,19H,7-8,11H2. The van der Waals surface area contributed by atoms with E-state index >= 15 is 0 Å². The molecule has 1 unspecified atom stereocenters. The Balaban J connectivity index is 1.60. The molecule has 0 heterocycles. The Bertz CT molecular complexity index is 613. The lowest BCUT2D eigenvalue weighted by molar-refractivity contribution is 0.203. The molecule has 110 valence electrons. The molecule has 0 aliphatic heterocycles. The molecular weight excluding hydrogens is 287 g/mol. The van der Waals surface area contributed by atoms with Gasteiger partial charge in [0, 0.05) is 10.6 Å². The van der Waals surface area contributed by atoms with E-state index in [0.717, 1.165) is 29.1 Å². The van der Waals surface area contributed by atoms with Crippen molar-refractivity contribution in [3.63, 3.8) is 0 Å². The van der Waals surface area contributed by atoms with E-state index in [4.69, 9.17) is 4.74 Å². The van der Waals surface area contributed by atoms with Crippen LogP contribution >= 0.6 is 11.8 Å². The summed E-state index contributed by atoms with van der Waals surface area (Å²) in [6, 6.07) is 14.0. The van der Waals surface area contributed by atoms with E-state index < -0.39 is 6.10 Å². The molecule has 1 atom stereocenters. The SMILES string of the molecule is OC(CSc1cccc(F)c1)c1cccc(OC2CC2)c1. The van der Waals surface area contributed by atoms with E-state index in [-0.39, 0.29) is 5.82 Å². The van der Waals surface area contributed by atoms with Gasteiger partial charge in [-0.15, -0.1) is 11.8 Å². The minimum Gasteiger partial charge on any atom is -0.490 e. The van der Waals surface area contributed by atoms with Crippen LogP contribution in [0.3, 0.4) is 0 Å². The third-order valence-electron chi connectivity index (χ3n) is 3.27. The Kier molecular flexibility index (Phi) is 4.46. The molecule has 0 amide bonds. The molecule has 3 rings (SSSR count). The van der Waals surface area contributed by atoms with Crippen LogP contribution in [-0.2, 0) is 0 Å². The highest BCUT2D eigenvalue weighted by Gasteiger charge is 2.23. The van der Waals surface area contributed by atoms with Crippen LogP contribution in [0.2, 0.25) is 0 Å². The fraction of sp³-hybridized carbons (Fsp3) is 0.294. The van der Waals surface area contributed by atoms with Gasteiger partial charge in [-0.05, 0) is 48.7 Å². The van der Waals surface area contributed by atoms with E-state index in [9.17, 15) is 9.50 Å². The molecule has 1 aliphatic carbocycles. The van der Waals surface area contributed by atoms with Crippen molar-refractivity contribution in [3.05, 3.63) is 59.9 Å². The lowest BCUT2D eigenvalue weighted by atomic mass is 10.1. The average molecular weight is 304 g/mol. The Morgan fingerprint density at radius 1 is 1.19 bits per heavy atom. The molecule has 2 nitrogen and oxygen atoms in total. The monoisotopic (exact) mass is 304 g/mol. The third kappa shape index (κ3) is 4.22. The second-order valence-corrected chi connectivity index (χ2v) is 6.27. The number of ether oxygens (including phenoxy) is 1. The maximum atomic E-state index is 13.1. The first-order chi connectivity index (χ1) is 10.2. The minimum atomic E-state index is -0.596. The number of rotatable bonds is 6. The van der Waals surface area contributed by atoms with E-state index in [1.807, 2.05) is 30.3 Å². The summed E-state index contributed by atoms with van der Waals surface area (Å²) in [7, 11) is 0. The molecule has 0 spiro atoms. The maximum absolute atomic E-state index is 13.1. The van der Waals surface area contributed by atoms with E-state index in [1.54, 1.807) is 6.07 Å². The lowest BCUT2D eigenvalue weighted by Gasteiger charge is -2.12. The zero-order chi connectivity index (χ0) is 14.7. The molecule has 0 bridgehead atoms.